The van der Waals surface area contributed by atoms with Crippen LogP contribution in [0.4, 0.5) is 5.69 Å². The summed E-state index contributed by atoms with van der Waals surface area (Å²) < 4.78 is 27.2. The van der Waals surface area contributed by atoms with E-state index in [-0.39, 0.29) is 21.1 Å². The van der Waals surface area contributed by atoms with Crippen molar-refractivity contribution in [2.75, 3.05) is 11.4 Å². The predicted octanol–water partition coefficient (Wildman–Crippen LogP) is 3.06. The summed E-state index contributed by atoms with van der Waals surface area (Å²) in [5, 5.41) is 19.7. The van der Waals surface area contributed by atoms with Crippen LogP contribution >= 0.6 is 11.6 Å². The van der Waals surface area contributed by atoms with Gasteiger partial charge in [0.2, 0.25) is 0 Å². The summed E-state index contributed by atoms with van der Waals surface area (Å²) in [6.07, 6.45) is 0. The summed E-state index contributed by atoms with van der Waals surface area (Å²) >= 11 is 6.06. The van der Waals surface area contributed by atoms with Crippen LogP contribution < -0.4 is 4.31 Å². The van der Waals surface area contributed by atoms with Crippen LogP contribution in [0, 0.1) is 0 Å². The van der Waals surface area contributed by atoms with E-state index in [2.05, 4.69) is 0 Å². The number of hydrogen-bond acceptors (Lipinski definition) is 4. The highest BCUT2D eigenvalue weighted by Crippen LogP contribution is 2.30. The monoisotopic (exact) mass is 380 g/mol. The molecule has 0 saturated heterocycles. The van der Waals surface area contributed by atoms with Crippen LogP contribution in [0.5, 0.6) is 0 Å². The lowest BCUT2D eigenvalue weighted by Crippen LogP contribution is -2.26. The first kappa shape index (κ1) is 17.1. The third-order valence-electron chi connectivity index (χ3n) is 3.82. The number of para-hydroxylation sites is 1. The number of benzene rings is 2. The molecule has 0 bridgehead atoms. The third kappa shape index (κ3) is 2.79. The first-order chi connectivity index (χ1) is 11.7. The minimum absolute atomic E-state index is 0.0750. The first-order valence-corrected chi connectivity index (χ1v) is 8.87. The van der Waals surface area contributed by atoms with Gasteiger partial charge in [0, 0.05) is 12.4 Å². The van der Waals surface area contributed by atoms with Crippen LogP contribution in [0.15, 0.2) is 53.4 Å². The summed E-state index contributed by atoms with van der Waals surface area (Å²) in [4.78, 5) is 11.0. The average molecular weight is 381 g/mol. The maximum atomic E-state index is 12.8. The molecule has 1 aromatic heterocycles. The lowest BCUT2D eigenvalue weighted by molar-refractivity contribution is 0.0649. The van der Waals surface area contributed by atoms with Gasteiger partial charge in [-0.15, -0.1) is 0 Å². The van der Waals surface area contributed by atoms with Crippen LogP contribution in [0.25, 0.3) is 10.9 Å². The fourth-order valence-electron chi connectivity index (χ4n) is 2.47. The molecule has 0 aliphatic heterocycles. The van der Waals surface area contributed by atoms with E-state index in [9.17, 15) is 18.4 Å². The summed E-state index contributed by atoms with van der Waals surface area (Å²) in [5.41, 5.74) is 0.0184. The zero-order valence-electron chi connectivity index (χ0n) is 12.9. The Balaban J connectivity index is 2.13. The van der Waals surface area contributed by atoms with E-state index in [1.165, 1.54) is 31.3 Å². The van der Waals surface area contributed by atoms with Crippen molar-refractivity contribution in [1.29, 1.82) is 0 Å². The smallest absolute Gasteiger partial charge is 0.356 e. The molecule has 130 valence electrons. The maximum Gasteiger partial charge on any atom is 0.356 e. The average Bonchev–Trinajstić information content (AvgIpc) is 2.91. The van der Waals surface area contributed by atoms with Crippen LogP contribution in [0.2, 0.25) is 5.02 Å². The number of carboxylic acids is 1. The molecular formula is C16H13ClN2O5S. The van der Waals surface area contributed by atoms with Crippen LogP contribution in [0.1, 0.15) is 10.5 Å². The molecule has 0 saturated carbocycles. The minimum atomic E-state index is -3.96. The Morgan fingerprint density at radius 1 is 1.16 bits per heavy atom. The SMILES string of the molecule is CN(c1ccccc1Cl)S(=O)(=O)c1ccc2cc(C(=O)O)n(O)c2c1. The van der Waals surface area contributed by atoms with Crippen LogP contribution in [-0.2, 0) is 10.0 Å². The second-order valence-corrected chi connectivity index (χ2v) is 7.67. The molecule has 0 atom stereocenters. The van der Waals surface area contributed by atoms with Gasteiger partial charge in [-0.1, -0.05) is 29.8 Å². The van der Waals surface area contributed by atoms with Crippen molar-refractivity contribution in [2.45, 2.75) is 4.90 Å². The predicted molar refractivity (Wildman–Crippen MR) is 93.1 cm³/mol. The fourth-order valence-corrected chi connectivity index (χ4v) is 4.02. The molecule has 3 aromatic rings. The van der Waals surface area contributed by atoms with E-state index in [1.807, 2.05) is 0 Å². The molecule has 0 aliphatic rings. The lowest BCUT2D eigenvalue weighted by atomic mass is 10.2. The number of fused-ring (bicyclic) bond motifs is 1. The second-order valence-electron chi connectivity index (χ2n) is 5.29. The summed E-state index contributed by atoms with van der Waals surface area (Å²) in [5.74, 6) is -1.32. The standard InChI is InChI=1S/C16H13ClN2O5S/c1-18(13-5-3-2-4-12(13)17)25(23,24)11-7-6-10-8-15(16(20)21)19(22)14(10)9-11/h2-9,22H,1H3,(H,20,21). The molecule has 0 fully saturated rings. The van der Waals surface area contributed by atoms with Gasteiger partial charge in [-0.25, -0.2) is 13.2 Å². The van der Waals surface area contributed by atoms with Gasteiger partial charge < -0.3 is 10.3 Å². The number of carbonyl (C=O) groups is 1. The quantitative estimate of drug-likeness (QED) is 0.677. The molecule has 0 radical (unpaired) electrons. The lowest BCUT2D eigenvalue weighted by Gasteiger charge is -2.20. The van der Waals surface area contributed by atoms with Crippen LogP contribution in [0.3, 0.4) is 0 Å². The number of anilines is 1. The number of aromatic carboxylic acids is 1. The Morgan fingerprint density at radius 3 is 2.48 bits per heavy atom. The number of halogens is 1. The van der Waals surface area contributed by atoms with E-state index in [0.717, 1.165) is 4.31 Å². The van der Waals surface area contributed by atoms with Gasteiger partial charge >= 0.3 is 5.97 Å². The van der Waals surface area contributed by atoms with Crippen molar-refractivity contribution in [3.63, 3.8) is 0 Å². The second kappa shape index (κ2) is 5.98. The van der Waals surface area contributed by atoms with Gasteiger partial charge in [-0.3, -0.25) is 4.31 Å². The molecule has 0 spiro atoms. The van der Waals surface area contributed by atoms with Crippen molar-refractivity contribution in [2.24, 2.45) is 0 Å². The van der Waals surface area contributed by atoms with Crippen molar-refractivity contribution in [3.8, 4) is 0 Å². The molecule has 7 nitrogen and oxygen atoms in total. The summed E-state index contributed by atoms with van der Waals surface area (Å²) in [6.45, 7) is 0. The van der Waals surface area contributed by atoms with E-state index in [4.69, 9.17) is 16.7 Å². The van der Waals surface area contributed by atoms with Crippen molar-refractivity contribution < 1.29 is 23.5 Å². The Hall–Kier alpha value is -2.71. The molecular weight excluding hydrogens is 368 g/mol. The van der Waals surface area contributed by atoms with Gasteiger partial charge in [0.25, 0.3) is 10.0 Å². The highest BCUT2D eigenvalue weighted by molar-refractivity contribution is 7.92. The normalized spacial score (nSPS) is 11.6. The minimum Gasteiger partial charge on any atom is -0.476 e. The first-order valence-electron chi connectivity index (χ1n) is 7.05. The number of aromatic nitrogens is 1. The number of sulfonamides is 1. The maximum absolute atomic E-state index is 12.8. The zero-order valence-corrected chi connectivity index (χ0v) is 14.5. The topological polar surface area (TPSA) is 99.8 Å². The van der Waals surface area contributed by atoms with Crippen molar-refractivity contribution >= 4 is 44.2 Å². The molecule has 25 heavy (non-hydrogen) atoms. The van der Waals surface area contributed by atoms with Crippen molar-refractivity contribution in [1.82, 2.24) is 4.73 Å². The van der Waals surface area contributed by atoms with E-state index in [1.54, 1.807) is 24.3 Å². The van der Waals surface area contributed by atoms with E-state index < -0.39 is 16.0 Å². The number of hydrogen-bond donors (Lipinski definition) is 2. The molecule has 3 rings (SSSR count). The Bertz CT molecular complexity index is 1090. The van der Waals surface area contributed by atoms with Crippen LogP contribution in [-0.4, -0.2) is 36.5 Å². The zero-order chi connectivity index (χ0) is 18.4. The van der Waals surface area contributed by atoms with E-state index >= 15 is 0 Å². The Labute approximate surface area is 148 Å². The molecule has 9 heteroatoms. The molecule has 0 aliphatic carbocycles. The largest absolute Gasteiger partial charge is 0.476 e. The molecule has 1 heterocycles. The molecule has 0 unspecified atom stereocenters. The third-order valence-corrected chi connectivity index (χ3v) is 5.91. The summed E-state index contributed by atoms with van der Waals surface area (Å²) in [6, 6.07) is 11.7. The van der Waals surface area contributed by atoms with Gasteiger partial charge in [0.1, 0.15) is 0 Å². The highest BCUT2D eigenvalue weighted by Gasteiger charge is 2.24. The van der Waals surface area contributed by atoms with E-state index in [0.29, 0.717) is 15.8 Å². The fraction of sp³-hybridized carbons (Fsp3) is 0.0625. The van der Waals surface area contributed by atoms with Crippen molar-refractivity contribution in [3.05, 3.63) is 59.2 Å². The number of carboxylic acid groups (broad SMARTS) is 1. The van der Waals surface area contributed by atoms with Gasteiger partial charge in [0.15, 0.2) is 5.69 Å². The molecule has 0 amide bonds. The Morgan fingerprint density at radius 2 is 1.84 bits per heavy atom. The molecule has 2 aromatic carbocycles. The molecule has 2 N–H and O–H groups in total. The Kier molecular flexibility index (Phi) is 4.09. The number of rotatable bonds is 4. The van der Waals surface area contributed by atoms with Gasteiger partial charge in [0.05, 0.1) is 21.1 Å². The highest BCUT2D eigenvalue weighted by atomic mass is 35.5. The van der Waals surface area contributed by atoms with Gasteiger partial charge in [-0.2, -0.15) is 4.73 Å². The number of nitrogens with zero attached hydrogens (tertiary/aromatic N) is 2. The summed E-state index contributed by atoms with van der Waals surface area (Å²) in [7, 11) is -2.59. The van der Waals surface area contributed by atoms with Gasteiger partial charge in [-0.05, 0) is 30.3 Å².